The number of hydrogen-bond donors (Lipinski definition) is 0. The van der Waals surface area contributed by atoms with Crippen molar-refractivity contribution in [2.75, 3.05) is 6.61 Å². The van der Waals surface area contributed by atoms with Crippen LogP contribution in [-0.2, 0) is 27.2 Å². The largest absolute Gasteiger partial charge is 0.461 e. The smallest absolute Gasteiger partial charge is 0.338 e. The van der Waals surface area contributed by atoms with Gasteiger partial charge < -0.3 is 9.47 Å². The molecule has 0 N–H and O–H groups in total. The number of carbonyl (C=O) groups is 2. The molecular formula is C26H24O4. The molecule has 152 valence electrons. The molecule has 4 heteroatoms. The molecule has 1 aliphatic rings. The summed E-state index contributed by atoms with van der Waals surface area (Å²) < 4.78 is 10.4. The van der Waals surface area contributed by atoms with Crippen molar-refractivity contribution in [2.24, 2.45) is 0 Å². The minimum Gasteiger partial charge on any atom is -0.461 e. The number of aryl methyl sites for hydroxylation is 2. The third-order valence-corrected chi connectivity index (χ3v) is 4.74. The third-order valence-electron chi connectivity index (χ3n) is 4.74. The van der Waals surface area contributed by atoms with Crippen molar-refractivity contribution in [1.29, 1.82) is 0 Å². The summed E-state index contributed by atoms with van der Waals surface area (Å²) in [5.41, 5.74) is 6.44. The number of hydrogen-bond acceptors (Lipinski definition) is 4. The number of ether oxygens (including phenoxy) is 2. The van der Waals surface area contributed by atoms with Crippen LogP contribution in [0.5, 0.6) is 5.75 Å². The Labute approximate surface area is 177 Å². The van der Waals surface area contributed by atoms with Crippen molar-refractivity contribution in [2.45, 2.75) is 33.1 Å². The zero-order valence-electron chi connectivity index (χ0n) is 17.3. The lowest BCUT2D eigenvalue weighted by Crippen LogP contribution is -2.09. The van der Waals surface area contributed by atoms with Gasteiger partial charge in [0.15, 0.2) is 0 Å². The molecule has 0 aromatic heterocycles. The predicted octanol–water partition coefficient (Wildman–Crippen LogP) is 4.79. The number of esters is 2. The fourth-order valence-corrected chi connectivity index (χ4v) is 3.19. The molecular weight excluding hydrogens is 376 g/mol. The Morgan fingerprint density at radius 2 is 1.57 bits per heavy atom. The van der Waals surface area contributed by atoms with Crippen LogP contribution in [-0.4, -0.2) is 18.5 Å². The van der Waals surface area contributed by atoms with Crippen LogP contribution >= 0.6 is 0 Å². The summed E-state index contributed by atoms with van der Waals surface area (Å²) in [7, 11) is 0. The highest BCUT2D eigenvalue weighted by molar-refractivity contribution is 5.89. The van der Waals surface area contributed by atoms with E-state index in [4.69, 9.17) is 9.47 Å². The Bertz CT molecular complexity index is 1100. The summed E-state index contributed by atoms with van der Waals surface area (Å²) in [5.74, 6) is 5.92. The fraction of sp³-hybridized carbons (Fsp3) is 0.231. The third kappa shape index (κ3) is 5.07. The molecule has 2 aromatic rings. The summed E-state index contributed by atoms with van der Waals surface area (Å²) in [4.78, 5) is 23.1. The fourth-order valence-electron chi connectivity index (χ4n) is 3.19. The molecule has 0 bridgehead atoms. The first-order valence-electron chi connectivity index (χ1n) is 9.80. The average molecular weight is 400 g/mol. The van der Waals surface area contributed by atoms with Crippen LogP contribution in [0.2, 0.25) is 0 Å². The summed E-state index contributed by atoms with van der Waals surface area (Å²) in [5, 5.41) is 0. The summed E-state index contributed by atoms with van der Waals surface area (Å²) in [6.07, 6.45) is 2.24. The van der Waals surface area contributed by atoms with Gasteiger partial charge in [0.25, 0.3) is 0 Å². The summed E-state index contributed by atoms with van der Waals surface area (Å²) >= 11 is 0. The number of rotatable bonds is 5. The van der Waals surface area contributed by atoms with E-state index in [1.807, 2.05) is 24.3 Å². The number of benzene rings is 2. The molecule has 0 aliphatic heterocycles. The first kappa shape index (κ1) is 21.1. The molecule has 0 atom stereocenters. The van der Waals surface area contributed by atoms with Gasteiger partial charge in [0, 0.05) is 23.1 Å². The Hall–Kier alpha value is -3.58. The van der Waals surface area contributed by atoms with E-state index in [2.05, 4.69) is 37.1 Å². The number of carbonyl (C=O) groups excluding carboxylic acids is 2. The van der Waals surface area contributed by atoms with Crippen LogP contribution in [0.25, 0.3) is 11.1 Å². The van der Waals surface area contributed by atoms with Crippen molar-refractivity contribution in [3.05, 3.63) is 77.4 Å². The quantitative estimate of drug-likeness (QED) is 0.238. The second kappa shape index (κ2) is 9.28. The van der Waals surface area contributed by atoms with Gasteiger partial charge in [-0.25, -0.2) is 9.59 Å². The zero-order valence-corrected chi connectivity index (χ0v) is 17.3. The minimum atomic E-state index is -0.413. The van der Waals surface area contributed by atoms with Crippen LogP contribution in [0.4, 0.5) is 0 Å². The minimum absolute atomic E-state index is 0.259. The molecule has 1 aliphatic carbocycles. The Morgan fingerprint density at radius 1 is 0.933 bits per heavy atom. The van der Waals surface area contributed by atoms with Crippen molar-refractivity contribution < 1.29 is 19.1 Å². The van der Waals surface area contributed by atoms with Gasteiger partial charge in [0.1, 0.15) is 12.4 Å². The monoisotopic (exact) mass is 400 g/mol. The van der Waals surface area contributed by atoms with Crippen molar-refractivity contribution in [3.63, 3.8) is 0 Å². The highest BCUT2D eigenvalue weighted by Gasteiger charge is 2.17. The van der Waals surface area contributed by atoms with Crippen LogP contribution in [0.15, 0.2) is 60.7 Å². The maximum Gasteiger partial charge on any atom is 0.338 e. The molecule has 0 saturated carbocycles. The lowest BCUT2D eigenvalue weighted by Gasteiger charge is -2.20. The molecule has 0 fully saturated rings. The second-order valence-corrected chi connectivity index (χ2v) is 7.33. The van der Waals surface area contributed by atoms with E-state index in [9.17, 15) is 9.59 Å². The van der Waals surface area contributed by atoms with Crippen LogP contribution in [0.3, 0.4) is 0 Å². The lowest BCUT2D eigenvalue weighted by atomic mass is 9.85. The molecule has 0 heterocycles. The van der Waals surface area contributed by atoms with Gasteiger partial charge in [-0.2, -0.15) is 0 Å². The van der Waals surface area contributed by atoms with Gasteiger partial charge >= 0.3 is 11.9 Å². The van der Waals surface area contributed by atoms with Gasteiger partial charge in [-0.3, -0.25) is 0 Å². The van der Waals surface area contributed by atoms with E-state index in [0.29, 0.717) is 23.3 Å². The molecule has 0 amide bonds. The average Bonchev–Trinajstić information content (AvgIpc) is 2.72. The highest BCUT2D eigenvalue weighted by atomic mass is 16.5. The zero-order chi connectivity index (χ0) is 21.7. The van der Waals surface area contributed by atoms with Gasteiger partial charge in [-0.05, 0) is 73.2 Å². The molecule has 30 heavy (non-hydrogen) atoms. The van der Waals surface area contributed by atoms with Gasteiger partial charge in [0.2, 0.25) is 0 Å². The first-order valence-corrected chi connectivity index (χ1v) is 9.80. The lowest BCUT2D eigenvalue weighted by molar-refractivity contribution is -0.138. The van der Waals surface area contributed by atoms with Gasteiger partial charge in [-0.1, -0.05) is 37.1 Å². The summed E-state index contributed by atoms with van der Waals surface area (Å²) in [6.45, 7) is 10.7. The van der Waals surface area contributed by atoms with E-state index in [1.165, 1.54) is 11.1 Å². The molecule has 0 radical (unpaired) electrons. The molecule has 0 unspecified atom stereocenters. The predicted molar refractivity (Wildman–Crippen MR) is 117 cm³/mol. The van der Waals surface area contributed by atoms with E-state index in [1.54, 1.807) is 13.8 Å². The second-order valence-electron chi connectivity index (χ2n) is 7.33. The Balaban J connectivity index is 1.70. The molecule has 4 nitrogen and oxygen atoms in total. The van der Waals surface area contributed by atoms with Crippen LogP contribution < -0.4 is 4.74 Å². The Morgan fingerprint density at radius 3 is 2.23 bits per heavy atom. The number of fused-ring (bicyclic) bond motifs is 3. The van der Waals surface area contributed by atoms with E-state index in [-0.39, 0.29) is 12.6 Å². The van der Waals surface area contributed by atoms with E-state index < -0.39 is 5.97 Å². The standard InChI is InChI=1S/C26H24O4/c1-17(2)25(27)29-14-6-5-7-19-8-12-23-20(15-19)9-10-21-16-22(11-13-24(21)23)30-26(28)18(3)4/h8,11-13,15-16H,1,3,6,9-10,14H2,2,4H3. The summed E-state index contributed by atoms with van der Waals surface area (Å²) in [6, 6.07) is 11.9. The van der Waals surface area contributed by atoms with Crippen LogP contribution in [0.1, 0.15) is 37.0 Å². The molecule has 0 spiro atoms. The maximum absolute atomic E-state index is 11.7. The Kier molecular flexibility index (Phi) is 6.54. The van der Waals surface area contributed by atoms with E-state index >= 15 is 0 Å². The normalized spacial score (nSPS) is 11.3. The van der Waals surface area contributed by atoms with Gasteiger partial charge in [-0.15, -0.1) is 0 Å². The molecule has 0 saturated heterocycles. The van der Waals surface area contributed by atoms with Crippen molar-refractivity contribution in [1.82, 2.24) is 0 Å². The van der Waals surface area contributed by atoms with Gasteiger partial charge in [0.05, 0.1) is 0 Å². The maximum atomic E-state index is 11.7. The molecule has 3 rings (SSSR count). The van der Waals surface area contributed by atoms with Crippen molar-refractivity contribution >= 4 is 11.9 Å². The SMILES string of the molecule is C=C(C)C(=O)OCCC#Cc1ccc2c(c1)CCc1cc(OC(=O)C(=C)C)ccc1-2. The topological polar surface area (TPSA) is 52.6 Å². The molecule has 2 aromatic carbocycles. The van der Waals surface area contributed by atoms with Crippen molar-refractivity contribution in [3.8, 4) is 28.7 Å². The highest BCUT2D eigenvalue weighted by Crippen LogP contribution is 2.36. The first-order chi connectivity index (χ1) is 14.3. The van der Waals surface area contributed by atoms with Crippen LogP contribution in [0, 0.1) is 11.8 Å². The van der Waals surface area contributed by atoms with E-state index in [0.717, 1.165) is 29.5 Å².